The first kappa shape index (κ1) is 41.1. The zero-order valence-electron chi connectivity index (χ0n) is 33.4. The second-order valence-electron chi connectivity index (χ2n) is 15.2. The molecule has 8 bridgehead atoms. The van der Waals surface area contributed by atoms with E-state index in [0.29, 0.717) is 35.4 Å². The number of fused-ring (bicyclic) bond motifs is 8. The molecule has 6 N–H and O–H groups in total. The van der Waals surface area contributed by atoms with E-state index in [1.807, 2.05) is 58.0 Å². The minimum Gasteiger partial charge on any atom is -0.480 e. The largest absolute Gasteiger partial charge is 0.480 e. The SMILES string of the molecule is C=CC1=C(C)c2cc3[nH]c(cc4nc(cc5[nH]c(cc1n2)c(C)c5CCC(=O)N[C@H](C(=O)O)C(C)C)C(CCC(=O)N[C@H](C(=O)O)C(C)C)=C4C)c(C)c3C=C. The summed E-state index contributed by atoms with van der Waals surface area (Å²) in [5.41, 5.74) is 13.1. The van der Waals surface area contributed by atoms with Gasteiger partial charge < -0.3 is 30.8 Å². The molecule has 0 fully saturated rings. The molecular weight excluding hydrogens is 709 g/mol. The maximum absolute atomic E-state index is 13.2. The summed E-state index contributed by atoms with van der Waals surface area (Å²) in [5, 5.41) is 24.7. The van der Waals surface area contributed by atoms with Crippen LogP contribution in [0.2, 0.25) is 0 Å². The molecule has 3 aromatic rings. The molecule has 5 rings (SSSR count). The number of carboxylic acid groups (broad SMARTS) is 2. The summed E-state index contributed by atoms with van der Waals surface area (Å²) in [6.07, 6.45) is 4.28. The number of carboxylic acids is 2. The Bertz CT molecular complexity index is 2370. The zero-order chi connectivity index (χ0) is 41.2. The van der Waals surface area contributed by atoms with Crippen LogP contribution in [0.1, 0.15) is 106 Å². The zero-order valence-corrected chi connectivity index (χ0v) is 33.4. The number of aromatic amines is 2. The summed E-state index contributed by atoms with van der Waals surface area (Å²) < 4.78 is 0. The third kappa shape index (κ3) is 8.44. The van der Waals surface area contributed by atoms with Crippen molar-refractivity contribution >= 4 is 74.2 Å². The predicted octanol–water partition coefficient (Wildman–Crippen LogP) is 7.79. The van der Waals surface area contributed by atoms with Crippen molar-refractivity contribution in [2.24, 2.45) is 11.8 Å². The van der Waals surface area contributed by atoms with E-state index in [-0.39, 0.29) is 36.5 Å². The number of nitrogens with zero attached hydrogens (tertiary/aromatic N) is 2. The fourth-order valence-electron chi connectivity index (χ4n) is 7.30. The van der Waals surface area contributed by atoms with Crippen LogP contribution in [0.25, 0.3) is 50.4 Å². The first-order valence-corrected chi connectivity index (χ1v) is 18.9. The Hall–Kier alpha value is -6.04. The van der Waals surface area contributed by atoms with Crippen LogP contribution in [-0.2, 0) is 25.6 Å². The van der Waals surface area contributed by atoms with E-state index >= 15 is 0 Å². The van der Waals surface area contributed by atoms with Crippen molar-refractivity contribution in [3.63, 3.8) is 0 Å². The first-order chi connectivity index (χ1) is 26.4. The van der Waals surface area contributed by atoms with Gasteiger partial charge in [-0.1, -0.05) is 53.0 Å². The van der Waals surface area contributed by atoms with Crippen LogP contribution in [0.15, 0.2) is 43.5 Å². The number of nitrogens with one attached hydrogen (secondary N) is 4. The Morgan fingerprint density at radius 3 is 1.70 bits per heavy atom. The van der Waals surface area contributed by atoms with Crippen molar-refractivity contribution in [3.8, 4) is 0 Å². The number of aromatic nitrogens is 4. The van der Waals surface area contributed by atoms with Gasteiger partial charge in [-0.25, -0.2) is 19.6 Å². The van der Waals surface area contributed by atoms with Gasteiger partial charge in [0, 0.05) is 46.0 Å². The number of allylic oxidation sites excluding steroid dienone is 5. The summed E-state index contributed by atoms with van der Waals surface area (Å²) in [4.78, 5) is 67.2. The topological polar surface area (TPSA) is 190 Å². The summed E-state index contributed by atoms with van der Waals surface area (Å²) >= 11 is 0. The minimum absolute atomic E-state index is 0.0371. The van der Waals surface area contributed by atoms with Crippen molar-refractivity contribution in [2.45, 2.75) is 93.2 Å². The third-order valence-corrected chi connectivity index (χ3v) is 10.7. The van der Waals surface area contributed by atoms with Gasteiger partial charge >= 0.3 is 11.9 Å². The molecule has 2 aliphatic heterocycles. The van der Waals surface area contributed by atoms with Gasteiger partial charge in [0.1, 0.15) is 12.1 Å². The predicted molar refractivity (Wildman–Crippen MR) is 222 cm³/mol. The van der Waals surface area contributed by atoms with Crippen LogP contribution in [-0.4, -0.2) is 66.0 Å². The van der Waals surface area contributed by atoms with Crippen molar-refractivity contribution in [3.05, 3.63) is 88.5 Å². The number of hydrogen-bond donors (Lipinski definition) is 6. The molecule has 0 aromatic carbocycles. The number of hydrogen-bond acceptors (Lipinski definition) is 6. The number of aliphatic carboxylic acids is 2. The molecule has 56 heavy (non-hydrogen) atoms. The Morgan fingerprint density at radius 1 is 0.661 bits per heavy atom. The van der Waals surface area contributed by atoms with Crippen LogP contribution in [0.4, 0.5) is 0 Å². The molecule has 12 nitrogen and oxygen atoms in total. The second kappa shape index (κ2) is 16.8. The van der Waals surface area contributed by atoms with E-state index in [2.05, 4.69) is 33.8 Å². The highest BCUT2D eigenvalue weighted by molar-refractivity contribution is 5.98. The van der Waals surface area contributed by atoms with E-state index < -0.39 is 24.0 Å². The third-order valence-electron chi connectivity index (χ3n) is 10.7. The summed E-state index contributed by atoms with van der Waals surface area (Å²) in [7, 11) is 0. The Kier molecular flexibility index (Phi) is 12.3. The van der Waals surface area contributed by atoms with Crippen LogP contribution < -0.4 is 10.6 Å². The lowest BCUT2D eigenvalue weighted by Gasteiger charge is -2.18. The molecule has 0 saturated heterocycles. The quantitative estimate of drug-likeness (QED) is 0.0960. The smallest absolute Gasteiger partial charge is 0.326 e. The molecule has 2 atom stereocenters. The van der Waals surface area contributed by atoms with Crippen LogP contribution in [0, 0.1) is 25.7 Å². The fourth-order valence-corrected chi connectivity index (χ4v) is 7.30. The van der Waals surface area contributed by atoms with Gasteiger partial charge in [0.2, 0.25) is 11.8 Å². The number of carbonyl (C=O) groups is 4. The Labute approximate surface area is 327 Å². The molecule has 3 aromatic heterocycles. The van der Waals surface area contributed by atoms with Crippen LogP contribution in [0.3, 0.4) is 0 Å². The molecule has 2 amide bonds. The van der Waals surface area contributed by atoms with Crippen LogP contribution >= 0.6 is 0 Å². The Balaban J connectivity index is 1.74. The van der Waals surface area contributed by atoms with Gasteiger partial charge in [0.15, 0.2) is 0 Å². The molecule has 0 aliphatic carbocycles. The van der Waals surface area contributed by atoms with E-state index in [1.54, 1.807) is 33.8 Å². The molecule has 12 heteroatoms. The molecule has 2 aliphatic rings. The van der Waals surface area contributed by atoms with Gasteiger partial charge in [-0.3, -0.25) is 9.59 Å². The maximum atomic E-state index is 13.2. The van der Waals surface area contributed by atoms with Crippen molar-refractivity contribution in [1.82, 2.24) is 30.6 Å². The van der Waals surface area contributed by atoms with Gasteiger partial charge in [0.25, 0.3) is 0 Å². The normalized spacial score (nSPS) is 13.9. The number of amides is 2. The number of aryl methyl sites for hydroxylation is 3. The van der Waals surface area contributed by atoms with Gasteiger partial charge in [0.05, 0.1) is 22.8 Å². The average molecular weight is 761 g/mol. The average Bonchev–Trinajstić information content (AvgIpc) is 3.79. The Morgan fingerprint density at radius 2 is 1.14 bits per heavy atom. The van der Waals surface area contributed by atoms with E-state index in [0.717, 1.165) is 66.8 Å². The molecule has 0 radical (unpaired) electrons. The van der Waals surface area contributed by atoms with Crippen molar-refractivity contribution in [1.29, 1.82) is 0 Å². The van der Waals surface area contributed by atoms with Crippen LogP contribution in [0.5, 0.6) is 0 Å². The second-order valence-corrected chi connectivity index (χ2v) is 15.2. The summed E-state index contributed by atoms with van der Waals surface area (Å²) in [5.74, 6) is -3.53. The van der Waals surface area contributed by atoms with Crippen molar-refractivity contribution in [2.75, 3.05) is 0 Å². The molecule has 5 heterocycles. The monoisotopic (exact) mass is 760 g/mol. The van der Waals surface area contributed by atoms with Gasteiger partial charge in [-0.2, -0.15) is 0 Å². The first-order valence-electron chi connectivity index (χ1n) is 18.9. The van der Waals surface area contributed by atoms with E-state index in [4.69, 9.17) is 9.97 Å². The minimum atomic E-state index is -1.09. The number of rotatable bonds is 14. The van der Waals surface area contributed by atoms with Gasteiger partial charge in [-0.15, -0.1) is 0 Å². The highest BCUT2D eigenvalue weighted by atomic mass is 16.4. The summed E-state index contributed by atoms with van der Waals surface area (Å²) in [6, 6.07) is 5.83. The maximum Gasteiger partial charge on any atom is 0.326 e. The standard InChI is InChI=1S/C44H52N6O6/c1-11-27-23(7)31-17-32-25(9)29(13-15-39(51)49-41(21(3)4)43(53)54)37(47-32)20-38-30(14-16-40(52)50-42(22(5)6)44(55)56)26(10)34(48-38)19-36-28(12-2)24(8)33(46-36)18-35(27)45-31/h11-12,17-22,41-42,45,48H,1-2,13-16H2,3-10H3,(H,49,51)(H,50,52)(H,53,54)(H,55,56)/t41-,42-/m0/s1. The lowest BCUT2D eigenvalue weighted by molar-refractivity contribution is -0.143. The molecule has 294 valence electrons. The number of carbonyl (C=O) groups excluding carboxylic acids is 2. The molecular formula is C44H52N6O6. The molecule has 0 saturated carbocycles. The van der Waals surface area contributed by atoms with E-state index in [1.165, 1.54) is 0 Å². The summed E-state index contributed by atoms with van der Waals surface area (Å²) in [6.45, 7) is 23.1. The highest BCUT2D eigenvalue weighted by Gasteiger charge is 2.26. The van der Waals surface area contributed by atoms with Crippen molar-refractivity contribution < 1.29 is 29.4 Å². The lowest BCUT2D eigenvalue weighted by Crippen LogP contribution is -2.44. The van der Waals surface area contributed by atoms with E-state index in [9.17, 15) is 29.4 Å². The molecule has 0 unspecified atom stereocenters. The fraction of sp³-hybridized carbons (Fsp3) is 0.364. The van der Waals surface area contributed by atoms with Gasteiger partial charge in [-0.05, 0) is 110 Å². The highest BCUT2D eigenvalue weighted by Crippen LogP contribution is 2.36. The molecule has 0 spiro atoms. The lowest BCUT2D eigenvalue weighted by atomic mass is 9.99. The number of H-pyrrole nitrogens is 2.